The van der Waals surface area contributed by atoms with E-state index < -0.39 is 0 Å². The zero-order valence-electron chi connectivity index (χ0n) is 10.2. The lowest BCUT2D eigenvalue weighted by molar-refractivity contribution is -0.126. The minimum atomic E-state index is 0.178. The van der Waals surface area contributed by atoms with E-state index in [1.807, 2.05) is 12.1 Å². The van der Waals surface area contributed by atoms with Crippen LogP contribution in [0, 0.1) is 0 Å². The number of nitrogens with zero attached hydrogens (tertiary/aromatic N) is 2. The van der Waals surface area contributed by atoms with Crippen LogP contribution in [0.2, 0.25) is 0 Å². The summed E-state index contributed by atoms with van der Waals surface area (Å²) in [5.41, 5.74) is 7.86. The first-order chi connectivity index (χ1) is 8.22. The molecule has 1 saturated heterocycles. The Morgan fingerprint density at radius 3 is 2.53 bits per heavy atom. The van der Waals surface area contributed by atoms with Crippen LogP contribution < -0.4 is 10.7 Å². The molecule has 0 spiro atoms. The van der Waals surface area contributed by atoms with Gasteiger partial charge in [0.25, 0.3) is 0 Å². The van der Waals surface area contributed by atoms with Crippen LogP contribution in [-0.2, 0) is 11.2 Å². The zero-order valence-corrected chi connectivity index (χ0v) is 10.2. The highest BCUT2D eigenvalue weighted by molar-refractivity contribution is 5.81. The monoisotopic (exact) mass is 233 g/mol. The Bertz CT molecular complexity index is 388. The van der Waals surface area contributed by atoms with Gasteiger partial charge < -0.3 is 5.73 Å². The summed E-state index contributed by atoms with van der Waals surface area (Å²) >= 11 is 0. The van der Waals surface area contributed by atoms with Gasteiger partial charge >= 0.3 is 0 Å². The van der Waals surface area contributed by atoms with E-state index in [4.69, 9.17) is 5.73 Å². The van der Waals surface area contributed by atoms with Gasteiger partial charge in [0.05, 0.1) is 5.69 Å². The van der Waals surface area contributed by atoms with Gasteiger partial charge in [0.1, 0.15) is 0 Å². The van der Waals surface area contributed by atoms with Crippen LogP contribution in [0.25, 0.3) is 0 Å². The number of benzene rings is 1. The summed E-state index contributed by atoms with van der Waals surface area (Å²) in [6.07, 6.45) is 2.64. The second-order valence-electron chi connectivity index (χ2n) is 4.35. The topological polar surface area (TPSA) is 49.6 Å². The molecule has 92 valence electrons. The fourth-order valence-corrected chi connectivity index (χ4v) is 2.09. The molecule has 4 heteroatoms. The van der Waals surface area contributed by atoms with Crippen molar-refractivity contribution < 1.29 is 4.79 Å². The van der Waals surface area contributed by atoms with Gasteiger partial charge in [-0.3, -0.25) is 14.8 Å². The van der Waals surface area contributed by atoms with Gasteiger partial charge in [-0.05, 0) is 37.1 Å². The van der Waals surface area contributed by atoms with Crippen molar-refractivity contribution in [3.05, 3.63) is 29.8 Å². The maximum Gasteiger partial charge on any atom is 0.242 e. The number of hydrogen-bond donors (Lipinski definition) is 1. The number of rotatable bonds is 4. The van der Waals surface area contributed by atoms with E-state index in [0.717, 1.165) is 31.6 Å². The minimum Gasteiger partial charge on any atom is -0.330 e. The first kappa shape index (κ1) is 11.9. The lowest BCUT2D eigenvalue weighted by Gasteiger charge is -2.26. The third-order valence-electron chi connectivity index (χ3n) is 3.16. The molecule has 0 bridgehead atoms. The van der Waals surface area contributed by atoms with Crippen molar-refractivity contribution in [1.29, 1.82) is 0 Å². The predicted molar refractivity (Wildman–Crippen MR) is 68.6 cm³/mol. The van der Waals surface area contributed by atoms with Crippen LogP contribution >= 0.6 is 0 Å². The molecule has 4 nitrogen and oxygen atoms in total. The lowest BCUT2D eigenvalue weighted by Crippen LogP contribution is -2.35. The Labute approximate surface area is 102 Å². The number of anilines is 1. The molecule has 0 aliphatic carbocycles. The molecular weight excluding hydrogens is 214 g/mol. The maximum absolute atomic E-state index is 11.4. The number of hydrogen-bond acceptors (Lipinski definition) is 3. The molecule has 17 heavy (non-hydrogen) atoms. The molecule has 1 aliphatic heterocycles. The smallest absolute Gasteiger partial charge is 0.242 e. The van der Waals surface area contributed by atoms with E-state index in [1.54, 1.807) is 5.01 Å². The van der Waals surface area contributed by atoms with Crippen molar-refractivity contribution in [2.24, 2.45) is 5.73 Å². The molecule has 2 N–H and O–H groups in total. The summed E-state index contributed by atoms with van der Waals surface area (Å²) in [6, 6.07) is 8.37. The van der Waals surface area contributed by atoms with Gasteiger partial charge in [0, 0.05) is 20.0 Å². The quantitative estimate of drug-likeness (QED) is 0.849. The molecular formula is C13H19N3O. The highest BCUT2D eigenvalue weighted by Gasteiger charge is 2.25. The van der Waals surface area contributed by atoms with E-state index >= 15 is 0 Å². The van der Waals surface area contributed by atoms with E-state index in [0.29, 0.717) is 6.42 Å². The predicted octanol–water partition coefficient (Wildman–Crippen LogP) is 1.16. The van der Waals surface area contributed by atoms with Crippen LogP contribution in [0.4, 0.5) is 5.69 Å². The SMILES string of the molecule is CN1C(=O)CCN1c1ccc(CCCN)cc1. The Morgan fingerprint density at radius 1 is 1.29 bits per heavy atom. The fraction of sp³-hybridized carbons (Fsp3) is 0.462. The summed E-state index contributed by atoms with van der Waals surface area (Å²) < 4.78 is 0. The molecule has 0 aromatic heterocycles. The maximum atomic E-state index is 11.4. The molecule has 1 heterocycles. The van der Waals surface area contributed by atoms with Gasteiger partial charge in [0.15, 0.2) is 0 Å². The van der Waals surface area contributed by atoms with E-state index in [-0.39, 0.29) is 5.91 Å². The number of hydrazine groups is 1. The Morgan fingerprint density at radius 2 is 2.00 bits per heavy atom. The van der Waals surface area contributed by atoms with Crippen LogP contribution in [0.5, 0.6) is 0 Å². The van der Waals surface area contributed by atoms with Gasteiger partial charge in [0.2, 0.25) is 5.91 Å². The normalized spacial score (nSPS) is 15.8. The highest BCUT2D eigenvalue weighted by Crippen LogP contribution is 2.21. The summed E-state index contributed by atoms with van der Waals surface area (Å²) in [4.78, 5) is 11.4. The third kappa shape index (κ3) is 2.58. The number of nitrogens with two attached hydrogens (primary N) is 1. The second kappa shape index (κ2) is 5.19. The molecule has 0 atom stereocenters. The van der Waals surface area contributed by atoms with Crippen molar-refractivity contribution in [1.82, 2.24) is 5.01 Å². The number of aryl methyl sites for hydroxylation is 1. The average Bonchev–Trinajstić information content (AvgIpc) is 2.68. The molecule has 1 aromatic rings. The number of amides is 1. The molecule has 1 aliphatic rings. The second-order valence-corrected chi connectivity index (χ2v) is 4.35. The molecule has 1 aromatic carbocycles. The van der Waals surface area contributed by atoms with E-state index in [1.165, 1.54) is 5.56 Å². The van der Waals surface area contributed by atoms with Crippen LogP contribution in [0.1, 0.15) is 18.4 Å². The Kier molecular flexibility index (Phi) is 3.64. The van der Waals surface area contributed by atoms with Gasteiger partial charge in [-0.25, -0.2) is 0 Å². The summed E-state index contributed by atoms with van der Waals surface area (Å²) in [6.45, 7) is 1.50. The van der Waals surface area contributed by atoms with Crippen LogP contribution in [-0.4, -0.2) is 31.1 Å². The molecule has 1 amide bonds. The summed E-state index contributed by atoms with van der Waals surface area (Å²) in [5.74, 6) is 0.178. The Hall–Kier alpha value is -1.55. The number of carbonyl (C=O) groups is 1. The van der Waals surface area contributed by atoms with E-state index in [2.05, 4.69) is 24.3 Å². The molecule has 2 rings (SSSR count). The summed E-state index contributed by atoms with van der Waals surface area (Å²) in [7, 11) is 1.82. The third-order valence-corrected chi connectivity index (χ3v) is 3.16. The molecule has 1 fully saturated rings. The Balaban J connectivity index is 2.05. The van der Waals surface area contributed by atoms with Crippen LogP contribution in [0.3, 0.4) is 0 Å². The largest absolute Gasteiger partial charge is 0.330 e. The van der Waals surface area contributed by atoms with E-state index in [9.17, 15) is 4.79 Å². The minimum absolute atomic E-state index is 0.178. The fourth-order valence-electron chi connectivity index (χ4n) is 2.09. The molecule has 0 unspecified atom stereocenters. The van der Waals surface area contributed by atoms with Gasteiger partial charge in [-0.2, -0.15) is 0 Å². The van der Waals surface area contributed by atoms with Crippen molar-refractivity contribution in [2.45, 2.75) is 19.3 Å². The molecule has 0 saturated carbocycles. The zero-order chi connectivity index (χ0) is 12.3. The summed E-state index contributed by atoms with van der Waals surface area (Å²) in [5, 5.41) is 3.70. The van der Waals surface area contributed by atoms with Crippen molar-refractivity contribution in [3.8, 4) is 0 Å². The van der Waals surface area contributed by atoms with Crippen molar-refractivity contribution in [2.75, 3.05) is 25.1 Å². The number of carbonyl (C=O) groups excluding carboxylic acids is 1. The van der Waals surface area contributed by atoms with Crippen LogP contribution in [0.15, 0.2) is 24.3 Å². The van der Waals surface area contributed by atoms with Crippen molar-refractivity contribution in [3.63, 3.8) is 0 Å². The lowest BCUT2D eigenvalue weighted by atomic mass is 10.1. The van der Waals surface area contributed by atoms with Gasteiger partial charge in [-0.15, -0.1) is 0 Å². The first-order valence-electron chi connectivity index (χ1n) is 6.05. The van der Waals surface area contributed by atoms with Crippen molar-refractivity contribution >= 4 is 11.6 Å². The standard InChI is InChI=1S/C13H19N3O/c1-15-13(17)8-10-16(15)12-6-4-11(5-7-12)3-2-9-14/h4-7H,2-3,8-10,14H2,1H3. The average molecular weight is 233 g/mol. The highest BCUT2D eigenvalue weighted by atomic mass is 16.2. The first-order valence-corrected chi connectivity index (χ1v) is 6.05. The molecule has 0 radical (unpaired) electrons. The van der Waals surface area contributed by atoms with Gasteiger partial charge in [-0.1, -0.05) is 12.1 Å².